The number of rotatable bonds is 4. The number of halogens is 1. The van der Waals surface area contributed by atoms with Crippen molar-refractivity contribution < 1.29 is 12.8 Å². The van der Waals surface area contributed by atoms with E-state index in [4.69, 9.17) is 4.98 Å². The summed E-state index contributed by atoms with van der Waals surface area (Å²) in [6.45, 7) is 4.24. The summed E-state index contributed by atoms with van der Waals surface area (Å²) in [5, 5.41) is 0. The molecule has 0 spiro atoms. The van der Waals surface area contributed by atoms with Crippen LogP contribution in [0, 0.1) is 12.7 Å². The Morgan fingerprint density at radius 2 is 1.64 bits per heavy atom. The van der Waals surface area contributed by atoms with Gasteiger partial charge in [-0.3, -0.25) is 4.98 Å². The van der Waals surface area contributed by atoms with Gasteiger partial charge in [-0.1, -0.05) is 12.1 Å². The van der Waals surface area contributed by atoms with Crippen LogP contribution < -0.4 is 0 Å². The van der Waals surface area contributed by atoms with Crippen LogP contribution in [0.3, 0.4) is 0 Å². The zero-order valence-corrected chi connectivity index (χ0v) is 17.0. The molecule has 5 nitrogen and oxygen atoms in total. The van der Waals surface area contributed by atoms with Crippen molar-refractivity contribution in [2.24, 2.45) is 0 Å². The normalized spacial score (nSPS) is 21.9. The van der Waals surface area contributed by atoms with Crippen molar-refractivity contribution in [1.29, 1.82) is 0 Å². The topological polar surface area (TPSA) is 53.5 Å². The second-order valence-corrected chi connectivity index (χ2v) is 9.67. The van der Waals surface area contributed by atoms with Gasteiger partial charge in [-0.05, 0) is 68.0 Å². The molecule has 0 aliphatic carbocycles. The summed E-state index contributed by atoms with van der Waals surface area (Å²) in [6.07, 6.45) is 3.64. The molecule has 2 aromatic rings. The average Bonchev–Trinajstić information content (AvgIpc) is 3.24. The summed E-state index contributed by atoms with van der Waals surface area (Å²) >= 11 is 0. The second kappa shape index (κ2) is 7.89. The van der Waals surface area contributed by atoms with Gasteiger partial charge in [0.15, 0.2) is 0 Å². The second-order valence-electron chi connectivity index (χ2n) is 7.74. The maximum absolute atomic E-state index is 13.3. The van der Waals surface area contributed by atoms with Crippen LogP contribution in [0.25, 0.3) is 11.1 Å². The highest BCUT2D eigenvalue weighted by Gasteiger charge is 2.35. The molecule has 0 amide bonds. The molecule has 0 radical (unpaired) electrons. The summed E-state index contributed by atoms with van der Waals surface area (Å²) < 4.78 is 42.4. The summed E-state index contributed by atoms with van der Waals surface area (Å²) in [7, 11) is -3.38. The molecule has 1 aromatic carbocycles. The van der Waals surface area contributed by atoms with E-state index < -0.39 is 10.2 Å². The molecule has 150 valence electrons. The van der Waals surface area contributed by atoms with Gasteiger partial charge in [0.25, 0.3) is 10.2 Å². The van der Waals surface area contributed by atoms with Crippen molar-refractivity contribution in [3.05, 3.63) is 53.6 Å². The van der Waals surface area contributed by atoms with E-state index in [1.165, 1.54) is 12.1 Å². The third-order valence-corrected chi connectivity index (χ3v) is 7.67. The lowest BCUT2D eigenvalue weighted by Crippen LogP contribution is -2.46. The Hall–Kier alpha value is -1.83. The third kappa shape index (κ3) is 3.97. The Morgan fingerprint density at radius 3 is 2.36 bits per heavy atom. The Morgan fingerprint density at radius 1 is 0.964 bits per heavy atom. The largest absolute Gasteiger partial charge is 0.281 e. The quantitative estimate of drug-likeness (QED) is 0.782. The maximum Gasteiger partial charge on any atom is 0.281 e. The molecule has 7 heteroatoms. The van der Waals surface area contributed by atoms with E-state index in [1.807, 2.05) is 19.1 Å². The first-order valence-corrected chi connectivity index (χ1v) is 11.3. The zero-order chi connectivity index (χ0) is 19.7. The molecule has 2 aliphatic heterocycles. The number of hydrogen-bond donors (Lipinski definition) is 0. The van der Waals surface area contributed by atoms with Crippen molar-refractivity contribution in [2.75, 3.05) is 26.2 Å². The molecule has 28 heavy (non-hydrogen) atoms. The van der Waals surface area contributed by atoms with Gasteiger partial charge in [-0.15, -0.1) is 0 Å². The standard InChI is InChI=1S/C21H26FN3O2S/c1-16-13-19(17-6-8-20(22)9-7-17)14-21(23-16)18-5-4-12-25(15-18)28(26,27)24-10-2-3-11-24/h6-9,13-14,18H,2-5,10-12,15H2,1H3. The first kappa shape index (κ1) is 19.5. The Kier molecular flexibility index (Phi) is 5.49. The maximum atomic E-state index is 13.3. The summed E-state index contributed by atoms with van der Waals surface area (Å²) in [6, 6.07) is 10.4. The number of aryl methyl sites for hydroxylation is 1. The van der Waals surface area contributed by atoms with Gasteiger partial charge in [0.2, 0.25) is 0 Å². The molecule has 0 saturated carbocycles. The molecular formula is C21H26FN3O2S. The number of aromatic nitrogens is 1. The molecule has 2 saturated heterocycles. The average molecular weight is 404 g/mol. The Balaban J connectivity index is 1.59. The molecule has 1 aromatic heterocycles. The van der Waals surface area contributed by atoms with Crippen LogP contribution in [0.2, 0.25) is 0 Å². The highest BCUT2D eigenvalue weighted by Crippen LogP contribution is 2.31. The predicted octanol–water partition coefficient (Wildman–Crippen LogP) is 3.72. The lowest BCUT2D eigenvalue weighted by molar-refractivity contribution is 0.290. The van der Waals surface area contributed by atoms with Gasteiger partial charge in [-0.25, -0.2) is 4.39 Å². The molecular weight excluding hydrogens is 377 g/mol. The number of nitrogens with zero attached hydrogens (tertiary/aromatic N) is 3. The van der Waals surface area contributed by atoms with Crippen molar-refractivity contribution >= 4 is 10.2 Å². The fraction of sp³-hybridized carbons (Fsp3) is 0.476. The van der Waals surface area contributed by atoms with E-state index in [0.29, 0.717) is 26.2 Å². The molecule has 1 unspecified atom stereocenters. The minimum absolute atomic E-state index is 0.0743. The lowest BCUT2D eigenvalue weighted by atomic mass is 9.93. The Bertz CT molecular complexity index is 941. The smallest absolute Gasteiger partial charge is 0.258 e. The monoisotopic (exact) mass is 403 g/mol. The SMILES string of the molecule is Cc1cc(-c2ccc(F)cc2)cc(C2CCCN(S(=O)(=O)N3CCCC3)C2)n1. The van der Waals surface area contributed by atoms with Gasteiger partial charge < -0.3 is 0 Å². The molecule has 3 heterocycles. The van der Waals surface area contributed by atoms with E-state index in [2.05, 4.69) is 0 Å². The molecule has 4 rings (SSSR count). The van der Waals surface area contributed by atoms with Crippen LogP contribution in [0.1, 0.15) is 43.0 Å². The molecule has 1 atom stereocenters. The minimum Gasteiger partial charge on any atom is -0.258 e. The molecule has 2 aliphatic rings. The van der Waals surface area contributed by atoms with Gasteiger partial charge in [0, 0.05) is 43.5 Å². The molecule has 2 fully saturated rings. The van der Waals surface area contributed by atoms with Gasteiger partial charge in [0.05, 0.1) is 0 Å². The summed E-state index contributed by atoms with van der Waals surface area (Å²) in [5.41, 5.74) is 3.73. The molecule has 0 N–H and O–H groups in total. The summed E-state index contributed by atoms with van der Waals surface area (Å²) in [4.78, 5) is 4.71. The predicted molar refractivity (Wildman–Crippen MR) is 108 cm³/mol. The number of piperidine rings is 1. The van der Waals surface area contributed by atoms with Gasteiger partial charge >= 0.3 is 0 Å². The fourth-order valence-corrected chi connectivity index (χ4v) is 5.96. The zero-order valence-electron chi connectivity index (χ0n) is 16.1. The first-order chi connectivity index (χ1) is 13.4. The van der Waals surface area contributed by atoms with E-state index in [-0.39, 0.29) is 11.7 Å². The van der Waals surface area contributed by atoms with Crippen LogP contribution in [0.4, 0.5) is 4.39 Å². The van der Waals surface area contributed by atoms with Gasteiger partial charge in [0.1, 0.15) is 5.82 Å². The van der Waals surface area contributed by atoms with Crippen LogP contribution in [0.15, 0.2) is 36.4 Å². The highest BCUT2D eigenvalue weighted by atomic mass is 32.2. The van der Waals surface area contributed by atoms with Gasteiger partial charge in [-0.2, -0.15) is 17.0 Å². The molecule has 0 bridgehead atoms. The highest BCUT2D eigenvalue weighted by molar-refractivity contribution is 7.86. The van der Waals surface area contributed by atoms with Crippen LogP contribution in [0.5, 0.6) is 0 Å². The van der Waals surface area contributed by atoms with Crippen molar-refractivity contribution in [3.8, 4) is 11.1 Å². The van der Waals surface area contributed by atoms with E-state index >= 15 is 0 Å². The van der Waals surface area contributed by atoms with Crippen molar-refractivity contribution in [2.45, 2.75) is 38.5 Å². The van der Waals surface area contributed by atoms with E-state index in [1.54, 1.807) is 20.7 Å². The first-order valence-electron chi connectivity index (χ1n) is 9.93. The number of benzene rings is 1. The fourth-order valence-electron chi connectivity index (χ4n) is 4.19. The van der Waals surface area contributed by atoms with Crippen LogP contribution in [-0.2, 0) is 10.2 Å². The van der Waals surface area contributed by atoms with Crippen LogP contribution in [-0.4, -0.2) is 48.2 Å². The van der Waals surface area contributed by atoms with Crippen LogP contribution >= 0.6 is 0 Å². The van der Waals surface area contributed by atoms with E-state index in [9.17, 15) is 12.8 Å². The van der Waals surface area contributed by atoms with E-state index in [0.717, 1.165) is 48.2 Å². The minimum atomic E-state index is -3.38. The van der Waals surface area contributed by atoms with Crippen molar-refractivity contribution in [1.82, 2.24) is 13.6 Å². The summed E-state index contributed by atoms with van der Waals surface area (Å²) in [5.74, 6) is -0.185. The third-order valence-electron chi connectivity index (χ3n) is 5.67. The number of pyridine rings is 1. The van der Waals surface area contributed by atoms with Crippen molar-refractivity contribution in [3.63, 3.8) is 0 Å². The number of hydrogen-bond acceptors (Lipinski definition) is 3. The lowest BCUT2D eigenvalue weighted by Gasteiger charge is -2.34. The Labute approximate surface area is 166 Å².